The zero-order valence-electron chi connectivity index (χ0n) is 25.3. The maximum absolute atomic E-state index is 6.12. The lowest BCUT2D eigenvalue weighted by Crippen LogP contribution is -2.00. The molecule has 222 valence electrons. The van der Waals surface area contributed by atoms with Gasteiger partial charge in [-0.05, 0) is 43.2 Å². The van der Waals surface area contributed by atoms with Gasteiger partial charge < -0.3 is 4.42 Å². The molecule has 0 bridgehead atoms. The average molecular weight is 606 g/mol. The fourth-order valence-electron chi connectivity index (χ4n) is 6.26. The molecule has 3 heterocycles. The zero-order valence-corrected chi connectivity index (χ0v) is 25.3. The van der Waals surface area contributed by atoms with E-state index in [-0.39, 0.29) is 0 Å². The van der Waals surface area contributed by atoms with Gasteiger partial charge in [0.1, 0.15) is 11.3 Å². The molecule has 0 spiro atoms. The van der Waals surface area contributed by atoms with Crippen molar-refractivity contribution in [2.45, 2.75) is 12.8 Å². The maximum atomic E-state index is 6.12. The van der Waals surface area contributed by atoms with Crippen molar-refractivity contribution in [3.05, 3.63) is 145 Å². The number of hydrogen-bond acceptors (Lipinski definition) is 6. The molecule has 0 saturated heterocycles. The van der Waals surface area contributed by atoms with E-state index >= 15 is 0 Å². The van der Waals surface area contributed by atoms with E-state index in [2.05, 4.69) is 48.6 Å². The van der Waals surface area contributed by atoms with E-state index in [0.29, 0.717) is 23.3 Å². The third-order valence-electron chi connectivity index (χ3n) is 8.63. The number of benzene rings is 5. The minimum Gasteiger partial charge on any atom is -0.456 e. The maximum Gasteiger partial charge on any atom is 0.164 e. The van der Waals surface area contributed by atoms with Crippen molar-refractivity contribution in [3.8, 4) is 56.8 Å². The van der Waals surface area contributed by atoms with Gasteiger partial charge in [0.15, 0.2) is 23.3 Å². The Morgan fingerprint density at radius 1 is 0.468 bits per heavy atom. The fourth-order valence-corrected chi connectivity index (χ4v) is 6.26. The van der Waals surface area contributed by atoms with Crippen molar-refractivity contribution < 1.29 is 4.42 Å². The molecule has 9 rings (SSSR count). The smallest absolute Gasteiger partial charge is 0.164 e. The Labute approximate surface area is 271 Å². The monoisotopic (exact) mass is 605 g/mol. The summed E-state index contributed by atoms with van der Waals surface area (Å²) in [5, 5.41) is 2.13. The molecule has 1 aliphatic rings. The van der Waals surface area contributed by atoms with E-state index < -0.39 is 0 Å². The Kier molecular flexibility index (Phi) is 6.49. The summed E-state index contributed by atoms with van der Waals surface area (Å²) in [6.07, 6.45) is 6.24. The molecule has 0 fully saturated rings. The second kappa shape index (κ2) is 11.3. The normalized spacial score (nSPS) is 12.4. The van der Waals surface area contributed by atoms with Crippen LogP contribution >= 0.6 is 0 Å². The highest BCUT2D eigenvalue weighted by Gasteiger charge is 2.18. The summed E-state index contributed by atoms with van der Waals surface area (Å²) in [5.41, 5.74) is 8.65. The molecule has 6 heteroatoms. The van der Waals surface area contributed by atoms with Gasteiger partial charge in [-0.2, -0.15) is 0 Å². The van der Waals surface area contributed by atoms with Crippen molar-refractivity contribution >= 4 is 27.9 Å². The average Bonchev–Trinajstić information content (AvgIpc) is 3.53. The number of furan rings is 1. The Morgan fingerprint density at radius 2 is 1.04 bits per heavy atom. The molecular weight excluding hydrogens is 578 g/mol. The number of hydrogen-bond donors (Lipinski definition) is 0. The van der Waals surface area contributed by atoms with Gasteiger partial charge in [0.05, 0.1) is 11.2 Å². The third-order valence-corrected chi connectivity index (χ3v) is 8.63. The molecule has 3 aromatic heterocycles. The Hall–Kier alpha value is -6.27. The molecule has 0 atom stereocenters. The van der Waals surface area contributed by atoms with Crippen LogP contribution in [0.4, 0.5) is 0 Å². The molecule has 1 aliphatic carbocycles. The van der Waals surface area contributed by atoms with Crippen LogP contribution in [-0.4, -0.2) is 24.9 Å². The van der Waals surface area contributed by atoms with Gasteiger partial charge in [-0.15, -0.1) is 0 Å². The van der Waals surface area contributed by atoms with Crippen LogP contribution in [0.1, 0.15) is 17.7 Å². The summed E-state index contributed by atoms with van der Waals surface area (Å²) in [6, 6.07) is 42.7. The number of aromatic nitrogens is 5. The number of allylic oxidation sites excluding steroid dienone is 1. The van der Waals surface area contributed by atoms with Crippen molar-refractivity contribution in [1.82, 2.24) is 24.9 Å². The number of rotatable bonds is 5. The van der Waals surface area contributed by atoms with E-state index in [1.54, 1.807) is 0 Å². The predicted molar refractivity (Wildman–Crippen MR) is 187 cm³/mol. The summed E-state index contributed by atoms with van der Waals surface area (Å²) < 4.78 is 6.12. The summed E-state index contributed by atoms with van der Waals surface area (Å²) in [6.45, 7) is 0. The van der Waals surface area contributed by atoms with Crippen LogP contribution in [0.15, 0.2) is 138 Å². The summed E-state index contributed by atoms with van der Waals surface area (Å²) in [4.78, 5) is 24.8. The van der Waals surface area contributed by atoms with E-state index in [0.717, 1.165) is 74.0 Å². The van der Waals surface area contributed by atoms with Gasteiger partial charge in [-0.25, -0.2) is 24.9 Å². The second-order valence-electron chi connectivity index (χ2n) is 11.6. The highest BCUT2D eigenvalue weighted by molar-refractivity contribution is 5.95. The summed E-state index contributed by atoms with van der Waals surface area (Å²) >= 11 is 0. The minimum atomic E-state index is 0.615. The first-order chi connectivity index (χ1) is 23.3. The lowest BCUT2D eigenvalue weighted by Gasteiger charge is -2.11. The topological polar surface area (TPSA) is 77.6 Å². The SMILES string of the molecule is C1=Cc2oc3ccc(-c4nc(-c5ccc(-c6nc(-c7ccccc7)nc(-c7ccccc7)n6)cc5)c5ccccc5n4)cc3c2CC1. The van der Waals surface area contributed by atoms with E-state index in [1.807, 2.05) is 91.0 Å². The van der Waals surface area contributed by atoms with Crippen LogP contribution in [0.3, 0.4) is 0 Å². The first-order valence-electron chi connectivity index (χ1n) is 15.7. The van der Waals surface area contributed by atoms with Gasteiger partial charge in [0, 0.05) is 44.2 Å². The number of nitrogens with zero attached hydrogens (tertiary/aromatic N) is 5. The van der Waals surface area contributed by atoms with Crippen molar-refractivity contribution in [1.29, 1.82) is 0 Å². The van der Waals surface area contributed by atoms with Gasteiger partial charge >= 0.3 is 0 Å². The van der Waals surface area contributed by atoms with Crippen molar-refractivity contribution in [2.75, 3.05) is 0 Å². The predicted octanol–water partition coefficient (Wildman–Crippen LogP) is 9.86. The molecule has 0 amide bonds. The molecule has 6 nitrogen and oxygen atoms in total. The first kappa shape index (κ1) is 27.1. The third kappa shape index (κ3) is 4.96. The lowest BCUT2D eigenvalue weighted by molar-refractivity contribution is 0.595. The van der Waals surface area contributed by atoms with E-state index in [1.165, 1.54) is 5.56 Å². The van der Waals surface area contributed by atoms with Gasteiger partial charge in [0.25, 0.3) is 0 Å². The van der Waals surface area contributed by atoms with Crippen LogP contribution in [0.5, 0.6) is 0 Å². The van der Waals surface area contributed by atoms with Crippen LogP contribution < -0.4 is 0 Å². The molecule has 0 unspecified atom stereocenters. The van der Waals surface area contributed by atoms with Crippen LogP contribution in [0.2, 0.25) is 0 Å². The highest BCUT2D eigenvalue weighted by atomic mass is 16.3. The van der Waals surface area contributed by atoms with Gasteiger partial charge in [-0.1, -0.05) is 109 Å². The fraction of sp³-hybridized carbons (Fsp3) is 0.0488. The first-order valence-corrected chi connectivity index (χ1v) is 15.7. The molecular formula is C41H27N5O. The molecule has 0 saturated carbocycles. The van der Waals surface area contributed by atoms with Crippen LogP contribution in [0, 0.1) is 0 Å². The number of fused-ring (bicyclic) bond motifs is 4. The summed E-state index contributed by atoms with van der Waals surface area (Å²) in [7, 11) is 0. The summed E-state index contributed by atoms with van der Waals surface area (Å²) in [5.74, 6) is 3.52. The lowest BCUT2D eigenvalue weighted by atomic mass is 9.99. The minimum absolute atomic E-state index is 0.615. The Bertz CT molecular complexity index is 2390. The van der Waals surface area contributed by atoms with E-state index in [4.69, 9.17) is 29.3 Å². The van der Waals surface area contributed by atoms with Crippen molar-refractivity contribution in [3.63, 3.8) is 0 Å². The molecule has 0 N–H and O–H groups in total. The van der Waals surface area contributed by atoms with Crippen molar-refractivity contribution in [2.24, 2.45) is 0 Å². The molecule has 0 radical (unpaired) electrons. The van der Waals surface area contributed by atoms with Gasteiger partial charge in [-0.3, -0.25) is 0 Å². The number of aryl methyl sites for hydroxylation is 1. The van der Waals surface area contributed by atoms with Crippen LogP contribution in [-0.2, 0) is 6.42 Å². The van der Waals surface area contributed by atoms with Gasteiger partial charge in [0.2, 0.25) is 0 Å². The Balaban J connectivity index is 1.14. The number of para-hydroxylation sites is 1. The molecule has 0 aliphatic heterocycles. The van der Waals surface area contributed by atoms with E-state index in [9.17, 15) is 0 Å². The Morgan fingerprint density at radius 3 is 1.74 bits per heavy atom. The molecule has 5 aromatic carbocycles. The molecule has 47 heavy (non-hydrogen) atoms. The second-order valence-corrected chi connectivity index (χ2v) is 11.6. The molecule has 8 aromatic rings. The standard InChI is InChI=1S/C41H27N5O/c1-3-11-27(12-4-1)38-44-39(28-13-5-2-6-14-28)46-40(45-38)29-21-19-26(20-22-29)37-32-16-7-9-17-34(32)42-41(43-37)30-23-24-36-33(25-30)31-15-8-10-18-35(31)47-36/h1-7,9-14,16-25H,8,15H2. The van der Waals surface area contributed by atoms with Crippen LogP contribution in [0.25, 0.3) is 84.8 Å². The quantitative estimate of drug-likeness (QED) is 0.194. The highest BCUT2D eigenvalue weighted by Crippen LogP contribution is 2.35. The zero-order chi connectivity index (χ0) is 31.2. The largest absolute Gasteiger partial charge is 0.456 e.